The molecule has 136 valence electrons. The first-order valence-corrected chi connectivity index (χ1v) is 9.71. The molecule has 7 nitrogen and oxygen atoms in total. The molecule has 4 aromatic rings. The smallest absolute Gasteiger partial charge is 0.283 e. The number of benzene rings is 2. The Morgan fingerprint density at radius 2 is 1.93 bits per heavy atom. The fourth-order valence-electron chi connectivity index (χ4n) is 3.33. The fourth-order valence-corrected chi connectivity index (χ4v) is 4.15. The first-order chi connectivity index (χ1) is 13.3. The summed E-state index contributed by atoms with van der Waals surface area (Å²) in [7, 11) is 0. The van der Waals surface area contributed by atoms with Crippen LogP contribution in [0.25, 0.3) is 15.9 Å². The van der Waals surface area contributed by atoms with Gasteiger partial charge in [-0.15, -0.1) is 5.10 Å². The molecule has 1 fully saturated rings. The number of hydrogen-bond donors (Lipinski definition) is 2. The van der Waals surface area contributed by atoms with Gasteiger partial charge < -0.3 is 15.5 Å². The van der Waals surface area contributed by atoms with Crippen molar-refractivity contribution in [1.29, 1.82) is 0 Å². The van der Waals surface area contributed by atoms with Crippen molar-refractivity contribution in [2.75, 3.05) is 36.4 Å². The zero-order valence-corrected chi connectivity index (χ0v) is 15.4. The molecule has 0 aliphatic carbocycles. The summed E-state index contributed by atoms with van der Waals surface area (Å²) in [5.41, 5.74) is 2.68. The summed E-state index contributed by atoms with van der Waals surface area (Å²) >= 11 is 1.37. The van der Waals surface area contributed by atoms with Crippen LogP contribution in [-0.2, 0) is 0 Å². The van der Waals surface area contributed by atoms with E-state index in [9.17, 15) is 4.79 Å². The van der Waals surface area contributed by atoms with Crippen LogP contribution < -0.4 is 21.1 Å². The van der Waals surface area contributed by atoms with Gasteiger partial charge in [0.2, 0.25) is 10.1 Å². The summed E-state index contributed by atoms with van der Waals surface area (Å²) in [5.74, 6) is 0. The quantitative estimate of drug-likeness (QED) is 0.570. The summed E-state index contributed by atoms with van der Waals surface area (Å²) in [6.07, 6.45) is 0. The molecule has 1 saturated heterocycles. The van der Waals surface area contributed by atoms with Crippen LogP contribution in [0, 0.1) is 0 Å². The molecule has 2 N–H and O–H groups in total. The van der Waals surface area contributed by atoms with E-state index in [1.54, 1.807) is 6.07 Å². The molecule has 0 amide bonds. The van der Waals surface area contributed by atoms with Crippen molar-refractivity contribution in [3.8, 4) is 0 Å². The van der Waals surface area contributed by atoms with Gasteiger partial charge in [0.05, 0.1) is 10.9 Å². The van der Waals surface area contributed by atoms with Crippen molar-refractivity contribution in [2.24, 2.45) is 0 Å². The lowest BCUT2D eigenvalue weighted by Crippen LogP contribution is -2.43. The van der Waals surface area contributed by atoms with Crippen LogP contribution in [0.1, 0.15) is 0 Å². The number of piperazine rings is 1. The molecule has 1 aliphatic heterocycles. The van der Waals surface area contributed by atoms with Gasteiger partial charge in [-0.1, -0.05) is 29.5 Å². The normalized spacial score (nSPS) is 14.7. The minimum atomic E-state index is -0.144. The van der Waals surface area contributed by atoms with E-state index >= 15 is 0 Å². The Bertz CT molecular complexity index is 1180. The summed E-state index contributed by atoms with van der Waals surface area (Å²) in [4.78, 5) is 20.1. The number of aromatic nitrogens is 3. The summed E-state index contributed by atoms with van der Waals surface area (Å²) in [6, 6.07) is 15.6. The van der Waals surface area contributed by atoms with E-state index < -0.39 is 0 Å². The maximum atomic E-state index is 12.6. The average molecular weight is 378 g/mol. The number of nitrogens with one attached hydrogen (secondary N) is 2. The average Bonchev–Trinajstić information content (AvgIpc) is 3.12. The Morgan fingerprint density at radius 1 is 1.07 bits per heavy atom. The molecule has 27 heavy (non-hydrogen) atoms. The van der Waals surface area contributed by atoms with Gasteiger partial charge in [0.1, 0.15) is 0 Å². The first-order valence-electron chi connectivity index (χ1n) is 8.89. The summed E-state index contributed by atoms with van der Waals surface area (Å²) < 4.78 is 1.37. The number of anilines is 3. The van der Waals surface area contributed by atoms with E-state index in [1.807, 2.05) is 30.3 Å². The van der Waals surface area contributed by atoms with Crippen molar-refractivity contribution in [3.05, 3.63) is 58.9 Å². The monoisotopic (exact) mass is 378 g/mol. The zero-order valence-electron chi connectivity index (χ0n) is 14.6. The van der Waals surface area contributed by atoms with Crippen LogP contribution >= 0.6 is 11.3 Å². The van der Waals surface area contributed by atoms with Crippen molar-refractivity contribution >= 4 is 43.7 Å². The number of para-hydroxylation sites is 1. The van der Waals surface area contributed by atoms with Crippen LogP contribution in [0.3, 0.4) is 0 Å². The lowest BCUT2D eigenvalue weighted by molar-refractivity contribution is 0.589. The largest absolute Gasteiger partial charge is 0.369 e. The second kappa shape index (κ2) is 6.64. The SMILES string of the molecule is O=c1c2ccccc2nc2sc(Nc3cccc(N4CCNCC4)c3)nn12. The molecular weight excluding hydrogens is 360 g/mol. The van der Waals surface area contributed by atoms with Crippen molar-refractivity contribution in [3.63, 3.8) is 0 Å². The Labute approximate surface area is 159 Å². The Morgan fingerprint density at radius 3 is 2.81 bits per heavy atom. The predicted octanol–water partition coefficient (Wildman–Crippen LogP) is 2.46. The molecule has 0 radical (unpaired) electrons. The molecule has 0 atom stereocenters. The van der Waals surface area contributed by atoms with Crippen molar-refractivity contribution in [1.82, 2.24) is 19.9 Å². The minimum absolute atomic E-state index is 0.144. The van der Waals surface area contributed by atoms with Gasteiger partial charge in [0, 0.05) is 37.6 Å². The molecule has 2 aromatic carbocycles. The Kier molecular flexibility index (Phi) is 3.99. The summed E-state index contributed by atoms with van der Waals surface area (Å²) in [5, 5.41) is 12.3. The highest BCUT2D eigenvalue weighted by molar-refractivity contribution is 7.20. The zero-order chi connectivity index (χ0) is 18.2. The van der Waals surface area contributed by atoms with Crippen LogP contribution in [0.15, 0.2) is 53.3 Å². The third kappa shape index (κ3) is 3.02. The molecule has 1 aliphatic rings. The highest BCUT2D eigenvalue weighted by atomic mass is 32.1. The molecule has 8 heteroatoms. The molecule has 0 spiro atoms. The maximum Gasteiger partial charge on any atom is 0.283 e. The Balaban J connectivity index is 1.49. The van der Waals surface area contributed by atoms with Gasteiger partial charge in [-0.05, 0) is 30.3 Å². The highest BCUT2D eigenvalue weighted by Gasteiger charge is 2.13. The molecule has 3 heterocycles. The van der Waals surface area contributed by atoms with Gasteiger partial charge in [-0.3, -0.25) is 4.79 Å². The molecule has 0 saturated carbocycles. The van der Waals surface area contributed by atoms with E-state index in [2.05, 4.69) is 37.7 Å². The topological polar surface area (TPSA) is 74.6 Å². The van der Waals surface area contributed by atoms with Gasteiger partial charge in [-0.2, -0.15) is 4.52 Å². The number of fused-ring (bicyclic) bond motifs is 2. The van der Waals surface area contributed by atoms with E-state index in [0.29, 0.717) is 21.0 Å². The summed E-state index contributed by atoms with van der Waals surface area (Å²) in [6.45, 7) is 3.99. The third-order valence-corrected chi connectivity index (χ3v) is 5.51. The molecular formula is C19H18N6OS. The molecule has 0 unspecified atom stereocenters. The second-order valence-corrected chi connectivity index (χ2v) is 7.40. The van der Waals surface area contributed by atoms with E-state index in [1.165, 1.54) is 21.5 Å². The van der Waals surface area contributed by atoms with Crippen molar-refractivity contribution in [2.45, 2.75) is 0 Å². The fraction of sp³-hybridized carbons (Fsp3) is 0.211. The van der Waals surface area contributed by atoms with Crippen LogP contribution in [0.4, 0.5) is 16.5 Å². The minimum Gasteiger partial charge on any atom is -0.369 e. The van der Waals surface area contributed by atoms with E-state index in [0.717, 1.165) is 31.9 Å². The molecule has 2 aromatic heterocycles. The highest BCUT2D eigenvalue weighted by Crippen LogP contribution is 2.26. The number of nitrogens with zero attached hydrogens (tertiary/aromatic N) is 4. The van der Waals surface area contributed by atoms with Gasteiger partial charge >= 0.3 is 0 Å². The standard InChI is InChI=1S/C19H18N6OS/c26-17-15-6-1-2-7-16(15)22-19-25(17)23-18(27-19)21-13-4-3-5-14(12-13)24-10-8-20-9-11-24/h1-7,12,20H,8-11H2,(H,21,23). The van der Waals surface area contributed by atoms with Gasteiger partial charge in [0.25, 0.3) is 5.56 Å². The molecule has 0 bridgehead atoms. The number of rotatable bonds is 3. The Hall–Kier alpha value is -2.97. The lowest BCUT2D eigenvalue weighted by Gasteiger charge is -2.29. The lowest BCUT2D eigenvalue weighted by atomic mass is 10.2. The van der Waals surface area contributed by atoms with Crippen molar-refractivity contribution < 1.29 is 0 Å². The van der Waals surface area contributed by atoms with Crippen LogP contribution in [-0.4, -0.2) is 40.8 Å². The van der Waals surface area contributed by atoms with Gasteiger partial charge in [-0.25, -0.2) is 4.98 Å². The first kappa shape index (κ1) is 16.2. The van der Waals surface area contributed by atoms with Gasteiger partial charge in [0.15, 0.2) is 0 Å². The van der Waals surface area contributed by atoms with Crippen LogP contribution in [0.2, 0.25) is 0 Å². The third-order valence-electron chi connectivity index (χ3n) is 4.68. The number of hydrogen-bond acceptors (Lipinski definition) is 7. The molecule has 5 rings (SSSR count). The predicted molar refractivity (Wildman–Crippen MR) is 109 cm³/mol. The maximum absolute atomic E-state index is 12.6. The van der Waals surface area contributed by atoms with E-state index in [-0.39, 0.29) is 5.56 Å². The second-order valence-electron chi connectivity index (χ2n) is 6.45. The van der Waals surface area contributed by atoms with Crippen LogP contribution in [0.5, 0.6) is 0 Å². The van der Waals surface area contributed by atoms with E-state index in [4.69, 9.17) is 0 Å².